The molecule has 0 spiro atoms. The van der Waals surface area contributed by atoms with Crippen molar-refractivity contribution < 1.29 is 5.11 Å². The number of aromatic amines is 1. The molecule has 0 atom stereocenters. The number of nitrogen functional groups attached to an aromatic ring is 1. The van der Waals surface area contributed by atoms with Gasteiger partial charge >= 0.3 is 0 Å². The quantitative estimate of drug-likeness (QED) is 0.466. The van der Waals surface area contributed by atoms with Crippen LogP contribution < -0.4 is 11.1 Å². The fourth-order valence-corrected chi connectivity index (χ4v) is 0.967. The van der Waals surface area contributed by atoms with Gasteiger partial charge in [-0.15, -0.1) is 5.10 Å². The second kappa shape index (κ2) is 5.36. The lowest BCUT2D eigenvalue weighted by atomic mass is 10.2. The van der Waals surface area contributed by atoms with E-state index in [-0.39, 0.29) is 6.61 Å². The molecule has 0 bridgehead atoms. The van der Waals surface area contributed by atoms with Crippen molar-refractivity contribution in [1.29, 1.82) is 0 Å². The van der Waals surface area contributed by atoms with Crippen molar-refractivity contribution in [2.45, 2.75) is 19.3 Å². The van der Waals surface area contributed by atoms with Gasteiger partial charge in [0.1, 0.15) is 0 Å². The summed E-state index contributed by atoms with van der Waals surface area (Å²) in [6, 6.07) is 0. The Balaban J connectivity index is 2.06. The predicted molar refractivity (Wildman–Crippen MR) is 50.2 cm³/mol. The molecule has 0 amide bonds. The molecule has 0 aliphatic rings. The van der Waals surface area contributed by atoms with Crippen molar-refractivity contribution in [3.8, 4) is 0 Å². The van der Waals surface area contributed by atoms with Gasteiger partial charge in [-0.1, -0.05) is 0 Å². The highest BCUT2D eigenvalue weighted by Gasteiger charge is 1.97. The number of nitrogens with one attached hydrogen (secondary N) is 2. The van der Waals surface area contributed by atoms with Crippen LogP contribution in [0.15, 0.2) is 0 Å². The molecule has 1 heterocycles. The number of anilines is 2. The summed E-state index contributed by atoms with van der Waals surface area (Å²) < 4.78 is 0. The highest BCUT2D eigenvalue weighted by atomic mass is 16.2. The van der Waals surface area contributed by atoms with Crippen LogP contribution in [0.5, 0.6) is 0 Å². The Hall–Kier alpha value is -1.30. The van der Waals surface area contributed by atoms with E-state index in [1.807, 2.05) is 0 Å². The zero-order valence-corrected chi connectivity index (χ0v) is 7.45. The molecule has 0 saturated heterocycles. The number of rotatable bonds is 6. The summed E-state index contributed by atoms with van der Waals surface area (Å²) in [6.07, 6.45) is 2.84. The second-order valence-electron chi connectivity index (χ2n) is 2.76. The van der Waals surface area contributed by atoms with Gasteiger partial charge in [0, 0.05) is 13.2 Å². The van der Waals surface area contributed by atoms with Crippen LogP contribution in [0.1, 0.15) is 19.3 Å². The van der Waals surface area contributed by atoms with Crippen LogP contribution in [0, 0.1) is 0 Å². The van der Waals surface area contributed by atoms with E-state index in [4.69, 9.17) is 10.8 Å². The average molecular weight is 185 g/mol. The molecule has 0 saturated carbocycles. The van der Waals surface area contributed by atoms with Crippen molar-refractivity contribution in [2.24, 2.45) is 0 Å². The van der Waals surface area contributed by atoms with Gasteiger partial charge in [-0.2, -0.15) is 4.98 Å². The summed E-state index contributed by atoms with van der Waals surface area (Å²) in [7, 11) is 0. The third-order valence-corrected chi connectivity index (χ3v) is 1.62. The first kappa shape index (κ1) is 9.79. The van der Waals surface area contributed by atoms with Gasteiger partial charge in [0.15, 0.2) is 0 Å². The molecule has 74 valence electrons. The van der Waals surface area contributed by atoms with E-state index in [2.05, 4.69) is 20.5 Å². The lowest BCUT2D eigenvalue weighted by molar-refractivity contribution is 0.283. The Kier molecular flexibility index (Phi) is 4.04. The van der Waals surface area contributed by atoms with Crippen molar-refractivity contribution in [3.63, 3.8) is 0 Å². The number of hydrogen-bond donors (Lipinski definition) is 4. The molecule has 6 nitrogen and oxygen atoms in total. The van der Waals surface area contributed by atoms with Crippen molar-refractivity contribution in [3.05, 3.63) is 0 Å². The first-order valence-corrected chi connectivity index (χ1v) is 4.35. The summed E-state index contributed by atoms with van der Waals surface area (Å²) in [5, 5.41) is 17.9. The minimum Gasteiger partial charge on any atom is -0.396 e. The topological polar surface area (TPSA) is 99.8 Å². The third kappa shape index (κ3) is 3.75. The van der Waals surface area contributed by atoms with Crippen LogP contribution in [0.4, 0.5) is 11.9 Å². The molecule has 0 aromatic carbocycles. The SMILES string of the molecule is Nc1nc(NCCCCCO)n[nH]1. The standard InChI is InChI=1S/C7H15N5O/c8-6-10-7(12-11-6)9-4-2-1-3-5-13/h13H,1-5H2,(H4,8,9,10,11,12). The molecule has 1 aromatic rings. The predicted octanol–water partition coefficient (Wildman–Crippen LogP) is -0.0386. The van der Waals surface area contributed by atoms with Crippen LogP contribution in [-0.2, 0) is 0 Å². The van der Waals surface area contributed by atoms with Crippen molar-refractivity contribution in [2.75, 3.05) is 24.2 Å². The summed E-state index contributed by atoms with van der Waals surface area (Å²) >= 11 is 0. The molecule has 0 radical (unpaired) electrons. The number of nitrogens with zero attached hydrogens (tertiary/aromatic N) is 2. The number of nitrogens with two attached hydrogens (primary N) is 1. The molecule has 0 fully saturated rings. The second-order valence-corrected chi connectivity index (χ2v) is 2.76. The highest BCUT2D eigenvalue weighted by molar-refractivity contribution is 5.29. The maximum Gasteiger partial charge on any atom is 0.243 e. The van der Waals surface area contributed by atoms with E-state index in [9.17, 15) is 0 Å². The number of H-pyrrole nitrogens is 1. The van der Waals surface area contributed by atoms with Crippen LogP contribution in [0.2, 0.25) is 0 Å². The van der Waals surface area contributed by atoms with E-state index in [0.29, 0.717) is 11.9 Å². The Bertz CT molecular complexity index is 237. The smallest absolute Gasteiger partial charge is 0.243 e. The van der Waals surface area contributed by atoms with Gasteiger partial charge in [-0.3, -0.25) is 0 Å². The van der Waals surface area contributed by atoms with Gasteiger partial charge in [0.2, 0.25) is 11.9 Å². The molecular formula is C7H15N5O. The Morgan fingerprint density at radius 2 is 2.23 bits per heavy atom. The number of unbranched alkanes of at least 4 members (excludes halogenated alkanes) is 2. The van der Waals surface area contributed by atoms with E-state index in [1.54, 1.807) is 0 Å². The molecule has 1 aromatic heterocycles. The van der Waals surface area contributed by atoms with E-state index in [0.717, 1.165) is 25.8 Å². The molecule has 6 heteroatoms. The monoisotopic (exact) mass is 185 g/mol. The summed E-state index contributed by atoms with van der Waals surface area (Å²) in [4.78, 5) is 3.88. The Morgan fingerprint density at radius 1 is 1.38 bits per heavy atom. The third-order valence-electron chi connectivity index (χ3n) is 1.62. The van der Waals surface area contributed by atoms with Crippen molar-refractivity contribution in [1.82, 2.24) is 15.2 Å². The molecular weight excluding hydrogens is 170 g/mol. The lowest BCUT2D eigenvalue weighted by Gasteiger charge is -1.99. The molecule has 1 rings (SSSR count). The van der Waals surface area contributed by atoms with Crippen LogP contribution >= 0.6 is 0 Å². The van der Waals surface area contributed by atoms with E-state index < -0.39 is 0 Å². The summed E-state index contributed by atoms with van der Waals surface area (Å²) in [5.41, 5.74) is 5.33. The number of aliphatic hydroxyl groups excluding tert-OH is 1. The van der Waals surface area contributed by atoms with E-state index >= 15 is 0 Å². The van der Waals surface area contributed by atoms with Gasteiger partial charge < -0.3 is 16.2 Å². The van der Waals surface area contributed by atoms with Crippen LogP contribution in [0.25, 0.3) is 0 Å². The van der Waals surface area contributed by atoms with Gasteiger partial charge in [-0.25, -0.2) is 5.10 Å². The summed E-state index contributed by atoms with van der Waals surface area (Å²) in [6.45, 7) is 1.06. The van der Waals surface area contributed by atoms with Crippen LogP contribution in [0.3, 0.4) is 0 Å². The first-order valence-electron chi connectivity index (χ1n) is 4.35. The Morgan fingerprint density at radius 3 is 2.85 bits per heavy atom. The van der Waals surface area contributed by atoms with E-state index in [1.165, 1.54) is 0 Å². The molecule has 0 aliphatic carbocycles. The zero-order valence-electron chi connectivity index (χ0n) is 7.45. The normalized spacial score (nSPS) is 10.2. The highest BCUT2D eigenvalue weighted by Crippen LogP contribution is 2.00. The number of hydrogen-bond acceptors (Lipinski definition) is 5. The maximum atomic E-state index is 8.52. The average Bonchev–Trinajstić information content (AvgIpc) is 2.51. The molecule has 13 heavy (non-hydrogen) atoms. The minimum atomic E-state index is 0.258. The fourth-order valence-electron chi connectivity index (χ4n) is 0.967. The number of aromatic nitrogens is 3. The van der Waals surface area contributed by atoms with Gasteiger partial charge in [0.25, 0.3) is 0 Å². The number of aliphatic hydroxyl groups is 1. The largest absolute Gasteiger partial charge is 0.396 e. The van der Waals surface area contributed by atoms with Gasteiger partial charge in [-0.05, 0) is 19.3 Å². The molecule has 0 aliphatic heterocycles. The fraction of sp³-hybridized carbons (Fsp3) is 0.714. The molecule has 0 unspecified atom stereocenters. The summed E-state index contributed by atoms with van der Waals surface area (Å²) in [5.74, 6) is 0.847. The minimum absolute atomic E-state index is 0.258. The van der Waals surface area contributed by atoms with Crippen LogP contribution in [-0.4, -0.2) is 33.4 Å². The molecule has 5 N–H and O–H groups in total. The van der Waals surface area contributed by atoms with Crippen molar-refractivity contribution >= 4 is 11.9 Å². The zero-order chi connectivity index (χ0) is 9.52. The lowest BCUT2D eigenvalue weighted by Crippen LogP contribution is -2.03. The maximum absolute atomic E-state index is 8.52. The first-order chi connectivity index (χ1) is 6.33. The van der Waals surface area contributed by atoms with Gasteiger partial charge in [0.05, 0.1) is 0 Å². The Labute approximate surface area is 76.6 Å².